The summed E-state index contributed by atoms with van der Waals surface area (Å²) in [6.45, 7) is 5.45. The molecule has 2 aromatic rings. The van der Waals surface area contributed by atoms with Crippen LogP contribution in [0.2, 0.25) is 0 Å². The van der Waals surface area contributed by atoms with Gasteiger partial charge in [-0.15, -0.1) is 0 Å². The molecule has 2 rings (SSSR count). The zero-order chi connectivity index (χ0) is 17.9. The Kier molecular flexibility index (Phi) is 5.40. The molecule has 0 bridgehead atoms. The first-order valence-electron chi connectivity index (χ1n) is 7.57. The third-order valence-electron chi connectivity index (χ3n) is 3.81. The standard InChI is InChI=1S/C16H22N4O3S/c1-11-14(12(2)20(4)19-11)9-10-17-24(22,23)16-8-6-5-7-15(16)18-13(3)21/h5-8,17H,9-10H2,1-4H3,(H,18,21). The van der Waals surface area contributed by atoms with Crippen LogP contribution in [0.4, 0.5) is 5.69 Å². The van der Waals surface area contributed by atoms with Gasteiger partial charge in [0, 0.05) is 26.2 Å². The fraction of sp³-hybridized carbons (Fsp3) is 0.375. The highest BCUT2D eigenvalue weighted by Crippen LogP contribution is 2.20. The highest BCUT2D eigenvalue weighted by molar-refractivity contribution is 7.89. The number of rotatable bonds is 6. The predicted molar refractivity (Wildman–Crippen MR) is 92.3 cm³/mol. The van der Waals surface area contributed by atoms with Gasteiger partial charge in [-0.3, -0.25) is 9.48 Å². The van der Waals surface area contributed by atoms with Gasteiger partial charge in [-0.25, -0.2) is 13.1 Å². The third kappa shape index (κ3) is 4.01. The van der Waals surface area contributed by atoms with Gasteiger partial charge < -0.3 is 5.32 Å². The summed E-state index contributed by atoms with van der Waals surface area (Å²) in [4.78, 5) is 11.3. The SMILES string of the molecule is CC(=O)Nc1ccccc1S(=O)(=O)NCCc1c(C)nn(C)c1C. The molecule has 0 atom stereocenters. The van der Waals surface area contributed by atoms with Crippen LogP contribution in [0.5, 0.6) is 0 Å². The molecule has 0 spiro atoms. The Morgan fingerprint density at radius 2 is 1.92 bits per heavy atom. The van der Waals surface area contributed by atoms with Gasteiger partial charge >= 0.3 is 0 Å². The molecule has 0 radical (unpaired) electrons. The second kappa shape index (κ2) is 7.14. The highest BCUT2D eigenvalue weighted by Gasteiger charge is 2.19. The Morgan fingerprint density at radius 3 is 2.50 bits per heavy atom. The maximum atomic E-state index is 12.5. The van der Waals surface area contributed by atoms with Crippen molar-refractivity contribution in [1.82, 2.24) is 14.5 Å². The summed E-state index contributed by atoms with van der Waals surface area (Å²) in [6, 6.07) is 6.32. The van der Waals surface area contributed by atoms with Gasteiger partial charge in [-0.1, -0.05) is 12.1 Å². The molecular formula is C16H22N4O3S. The molecule has 0 unspecified atom stereocenters. The van der Waals surface area contributed by atoms with Crippen LogP contribution in [-0.2, 0) is 28.3 Å². The van der Waals surface area contributed by atoms with E-state index in [0.29, 0.717) is 6.42 Å². The van der Waals surface area contributed by atoms with E-state index in [4.69, 9.17) is 0 Å². The lowest BCUT2D eigenvalue weighted by molar-refractivity contribution is -0.114. The van der Waals surface area contributed by atoms with E-state index in [1.54, 1.807) is 22.9 Å². The van der Waals surface area contributed by atoms with Crippen LogP contribution in [0, 0.1) is 13.8 Å². The summed E-state index contributed by atoms with van der Waals surface area (Å²) in [5.74, 6) is -0.320. The number of aromatic nitrogens is 2. The molecule has 0 aliphatic heterocycles. The van der Waals surface area contributed by atoms with Crippen molar-refractivity contribution in [1.29, 1.82) is 0 Å². The van der Waals surface area contributed by atoms with E-state index in [9.17, 15) is 13.2 Å². The number of sulfonamides is 1. The maximum Gasteiger partial charge on any atom is 0.242 e. The Bertz CT molecular complexity index is 856. The van der Waals surface area contributed by atoms with Crippen LogP contribution in [0.15, 0.2) is 29.2 Å². The Morgan fingerprint density at radius 1 is 1.25 bits per heavy atom. The summed E-state index contributed by atoms with van der Waals surface area (Å²) in [7, 11) is -1.86. The molecule has 2 N–H and O–H groups in total. The molecule has 24 heavy (non-hydrogen) atoms. The van der Waals surface area contributed by atoms with Crippen molar-refractivity contribution >= 4 is 21.6 Å². The van der Waals surface area contributed by atoms with E-state index in [1.807, 2.05) is 20.9 Å². The van der Waals surface area contributed by atoms with E-state index in [0.717, 1.165) is 17.0 Å². The zero-order valence-corrected chi connectivity index (χ0v) is 15.1. The van der Waals surface area contributed by atoms with Crippen molar-refractivity contribution in [3.8, 4) is 0 Å². The maximum absolute atomic E-state index is 12.5. The van der Waals surface area contributed by atoms with Gasteiger partial charge in [0.25, 0.3) is 0 Å². The van der Waals surface area contributed by atoms with Gasteiger partial charge in [0.2, 0.25) is 15.9 Å². The lowest BCUT2D eigenvalue weighted by Crippen LogP contribution is -2.27. The first-order chi connectivity index (χ1) is 11.2. The van der Waals surface area contributed by atoms with E-state index in [-0.39, 0.29) is 23.0 Å². The molecule has 7 nitrogen and oxygen atoms in total. The normalized spacial score (nSPS) is 11.5. The zero-order valence-electron chi connectivity index (χ0n) is 14.3. The van der Waals surface area contributed by atoms with Gasteiger partial charge in [0.1, 0.15) is 4.90 Å². The average Bonchev–Trinajstić information content (AvgIpc) is 2.73. The van der Waals surface area contributed by atoms with Crippen molar-refractivity contribution in [2.75, 3.05) is 11.9 Å². The minimum absolute atomic E-state index is 0.0554. The summed E-state index contributed by atoms with van der Waals surface area (Å²) >= 11 is 0. The van der Waals surface area contributed by atoms with Gasteiger partial charge in [-0.2, -0.15) is 5.10 Å². The van der Waals surface area contributed by atoms with E-state index < -0.39 is 10.0 Å². The molecule has 1 amide bonds. The van der Waals surface area contributed by atoms with E-state index in [1.165, 1.54) is 13.0 Å². The largest absolute Gasteiger partial charge is 0.325 e. The quantitative estimate of drug-likeness (QED) is 0.826. The fourth-order valence-electron chi connectivity index (χ4n) is 2.56. The minimum Gasteiger partial charge on any atom is -0.325 e. The van der Waals surface area contributed by atoms with Crippen LogP contribution in [0.25, 0.3) is 0 Å². The van der Waals surface area contributed by atoms with Crippen LogP contribution < -0.4 is 10.0 Å². The smallest absolute Gasteiger partial charge is 0.242 e. The lowest BCUT2D eigenvalue weighted by Gasteiger charge is -2.11. The lowest BCUT2D eigenvalue weighted by atomic mass is 10.1. The summed E-state index contributed by atoms with van der Waals surface area (Å²) < 4.78 is 29.4. The van der Waals surface area contributed by atoms with Crippen molar-refractivity contribution in [3.05, 3.63) is 41.2 Å². The first kappa shape index (κ1) is 18.2. The monoisotopic (exact) mass is 350 g/mol. The van der Waals surface area contributed by atoms with E-state index >= 15 is 0 Å². The average molecular weight is 350 g/mol. The molecule has 1 aromatic heterocycles. The number of nitrogens with one attached hydrogen (secondary N) is 2. The Labute approximate surface area is 142 Å². The number of carbonyl (C=O) groups excluding carboxylic acids is 1. The Hall–Kier alpha value is -2.19. The third-order valence-corrected chi connectivity index (χ3v) is 5.33. The van der Waals surface area contributed by atoms with Crippen LogP contribution in [-0.4, -0.2) is 30.7 Å². The molecule has 0 aliphatic carbocycles. The van der Waals surface area contributed by atoms with Gasteiger partial charge in [0.15, 0.2) is 0 Å². The summed E-state index contributed by atoms with van der Waals surface area (Å²) in [6.07, 6.45) is 0.549. The van der Waals surface area contributed by atoms with Crippen molar-refractivity contribution in [3.63, 3.8) is 0 Å². The second-order valence-electron chi connectivity index (χ2n) is 5.60. The minimum atomic E-state index is -3.72. The molecule has 1 aromatic carbocycles. The van der Waals surface area contributed by atoms with Crippen LogP contribution in [0.1, 0.15) is 23.9 Å². The number of nitrogens with zero attached hydrogens (tertiary/aromatic N) is 2. The molecule has 0 saturated heterocycles. The summed E-state index contributed by atoms with van der Waals surface area (Å²) in [5, 5.41) is 6.86. The Balaban J connectivity index is 2.13. The second-order valence-corrected chi connectivity index (χ2v) is 7.33. The number of anilines is 1. The molecule has 8 heteroatoms. The van der Waals surface area contributed by atoms with Gasteiger partial charge in [0.05, 0.1) is 11.4 Å². The molecule has 0 aliphatic rings. The first-order valence-corrected chi connectivity index (χ1v) is 9.06. The van der Waals surface area contributed by atoms with Gasteiger partial charge in [-0.05, 0) is 38.0 Å². The number of para-hydroxylation sites is 1. The fourth-order valence-corrected chi connectivity index (χ4v) is 3.75. The predicted octanol–water partition coefficient (Wildman–Crippen LogP) is 1.52. The number of aryl methyl sites for hydroxylation is 2. The molecule has 0 saturated carbocycles. The molecule has 0 fully saturated rings. The number of hydrogen-bond acceptors (Lipinski definition) is 4. The highest BCUT2D eigenvalue weighted by atomic mass is 32.2. The number of benzene rings is 1. The number of amides is 1. The number of hydrogen-bond donors (Lipinski definition) is 2. The van der Waals surface area contributed by atoms with Crippen molar-refractivity contribution < 1.29 is 13.2 Å². The van der Waals surface area contributed by atoms with Crippen molar-refractivity contribution in [2.24, 2.45) is 7.05 Å². The van der Waals surface area contributed by atoms with Crippen LogP contribution >= 0.6 is 0 Å². The topological polar surface area (TPSA) is 93.1 Å². The molecule has 130 valence electrons. The molecular weight excluding hydrogens is 328 g/mol. The molecule has 1 heterocycles. The van der Waals surface area contributed by atoms with Crippen LogP contribution in [0.3, 0.4) is 0 Å². The van der Waals surface area contributed by atoms with E-state index in [2.05, 4.69) is 15.1 Å². The van der Waals surface area contributed by atoms with Crippen molar-refractivity contribution in [2.45, 2.75) is 32.1 Å². The number of carbonyl (C=O) groups is 1. The summed E-state index contributed by atoms with van der Waals surface area (Å²) in [5.41, 5.74) is 3.22.